The molecule has 0 saturated heterocycles. The van der Waals surface area contributed by atoms with Crippen LogP contribution in [-0.2, 0) is 6.54 Å². The van der Waals surface area contributed by atoms with Crippen LogP contribution >= 0.6 is 11.6 Å². The third-order valence-corrected chi connectivity index (χ3v) is 3.94. The lowest BCUT2D eigenvalue weighted by atomic mass is 9.83. The zero-order valence-corrected chi connectivity index (χ0v) is 11.3. The van der Waals surface area contributed by atoms with Crippen molar-refractivity contribution >= 4 is 11.6 Å². The van der Waals surface area contributed by atoms with E-state index in [9.17, 15) is 0 Å². The van der Waals surface area contributed by atoms with Crippen molar-refractivity contribution in [2.45, 2.75) is 58.0 Å². The van der Waals surface area contributed by atoms with Crippen molar-refractivity contribution in [3.63, 3.8) is 0 Å². The average molecular weight is 256 g/mol. The number of rotatable bonds is 5. The second kappa shape index (κ2) is 6.46. The Kier molecular flexibility index (Phi) is 4.93. The predicted molar refractivity (Wildman–Crippen MR) is 71.2 cm³/mol. The van der Waals surface area contributed by atoms with E-state index in [2.05, 4.69) is 12.2 Å². The molecular weight excluding hydrogens is 234 g/mol. The molecule has 1 fully saturated rings. The highest BCUT2D eigenvalue weighted by Gasteiger charge is 2.20. The normalized spacial score (nSPS) is 25.1. The van der Waals surface area contributed by atoms with E-state index >= 15 is 0 Å². The number of hydrogen-bond donors (Lipinski definition) is 1. The van der Waals surface area contributed by atoms with Gasteiger partial charge in [0.25, 0.3) is 0 Å². The van der Waals surface area contributed by atoms with Crippen molar-refractivity contribution in [1.29, 1.82) is 0 Å². The molecule has 0 amide bonds. The second-order valence-corrected chi connectivity index (χ2v) is 5.47. The molecule has 1 aromatic rings. The highest BCUT2D eigenvalue weighted by molar-refractivity contribution is 6.28. The van der Waals surface area contributed by atoms with E-state index in [0.717, 1.165) is 18.2 Å². The van der Waals surface area contributed by atoms with Crippen LogP contribution in [0, 0.1) is 5.92 Å². The molecular formula is C14H22ClNO. The molecule has 1 aromatic heterocycles. The number of nitrogens with one attached hydrogen (secondary N) is 1. The Morgan fingerprint density at radius 1 is 1.29 bits per heavy atom. The third-order valence-electron chi connectivity index (χ3n) is 3.74. The standard InChI is InChI=1S/C14H22ClNO/c1-2-3-11-4-6-12(7-5-11)16-10-13-8-9-14(15)17-13/h8-9,11-12,16H,2-7,10H2,1H3. The third kappa shape index (κ3) is 4.04. The van der Waals surface area contributed by atoms with Crippen molar-refractivity contribution in [2.24, 2.45) is 5.92 Å². The van der Waals surface area contributed by atoms with Gasteiger partial charge in [-0.3, -0.25) is 0 Å². The maximum atomic E-state index is 5.74. The van der Waals surface area contributed by atoms with Gasteiger partial charge in [0.05, 0.1) is 6.54 Å². The van der Waals surface area contributed by atoms with Crippen LogP contribution in [0.3, 0.4) is 0 Å². The maximum absolute atomic E-state index is 5.74. The Morgan fingerprint density at radius 3 is 2.65 bits per heavy atom. The summed E-state index contributed by atoms with van der Waals surface area (Å²) in [4.78, 5) is 0. The molecule has 2 rings (SSSR count). The van der Waals surface area contributed by atoms with Gasteiger partial charge >= 0.3 is 0 Å². The molecule has 1 aliphatic rings. The van der Waals surface area contributed by atoms with Crippen molar-refractivity contribution in [3.05, 3.63) is 23.1 Å². The van der Waals surface area contributed by atoms with Gasteiger partial charge in [-0.1, -0.05) is 19.8 Å². The van der Waals surface area contributed by atoms with Crippen LogP contribution in [0.25, 0.3) is 0 Å². The SMILES string of the molecule is CCCC1CCC(NCc2ccc(Cl)o2)CC1. The minimum absolute atomic E-state index is 0.480. The van der Waals surface area contributed by atoms with Crippen molar-refractivity contribution in [2.75, 3.05) is 0 Å². The van der Waals surface area contributed by atoms with Gasteiger partial charge in [-0.2, -0.15) is 0 Å². The summed E-state index contributed by atoms with van der Waals surface area (Å²) in [6, 6.07) is 4.40. The first-order valence-corrected chi connectivity index (χ1v) is 7.13. The molecule has 0 bridgehead atoms. The summed E-state index contributed by atoms with van der Waals surface area (Å²) in [5, 5.41) is 4.04. The first-order chi connectivity index (χ1) is 8.28. The quantitative estimate of drug-likeness (QED) is 0.845. The maximum Gasteiger partial charge on any atom is 0.193 e. The summed E-state index contributed by atoms with van der Waals surface area (Å²) in [6.07, 6.45) is 8.10. The molecule has 3 heteroatoms. The van der Waals surface area contributed by atoms with Gasteiger partial charge in [0.1, 0.15) is 5.76 Å². The molecule has 0 aromatic carbocycles. The topological polar surface area (TPSA) is 25.2 Å². The Labute approximate surface area is 109 Å². The summed E-state index contributed by atoms with van der Waals surface area (Å²) in [7, 11) is 0. The minimum Gasteiger partial charge on any atom is -0.448 e. The molecule has 96 valence electrons. The number of furan rings is 1. The smallest absolute Gasteiger partial charge is 0.193 e. The molecule has 0 aliphatic heterocycles. The number of halogens is 1. The highest BCUT2D eigenvalue weighted by Crippen LogP contribution is 2.27. The Bertz CT molecular complexity index is 329. The lowest BCUT2D eigenvalue weighted by molar-refractivity contribution is 0.273. The van der Waals surface area contributed by atoms with E-state index in [1.165, 1.54) is 38.5 Å². The molecule has 2 nitrogen and oxygen atoms in total. The van der Waals surface area contributed by atoms with Crippen molar-refractivity contribution < 1.29 is 4.42 Å². The summed E-state index contributed by atoms with van der Waals surface area (Å²) >= 11 is 5.74. The van der Waals surface area contributed by atoms with Crippen LogP contribution in [0.4, 0.5) is 0 Å². The predicted octanol–water partition coefficient (Wildman–Crippen LogP) is 4.38. The van der Waals surface area contributed by atoms with Crippen LogP contribution in [0.2, 0.25) is 5.22 Å². The minimum atomic E-state index is 0.480. The van der Waals surface area contributed by atoms with Crippen LogP contribution in [0.15, 0.2) is 16.5 Å². The summed E-state index contributed by atoms with van der Waals surface area (Å²) in [5.41, 5.74) is 0. The van der Waals surface area contributed by atoms with Crippen LogP contribution in [0.5, 0.6) is 0 Å². The molecule has 0 unspecified atom stereocenters. The van der Waals surface area contributed by atoms with Crippen LogP contribution in [0.1, 0.15) is 51.2 Å². The molecule has 1 N–H and O–H groups in total. The lowest BCUT2D eigenvalue weighted by Gasteiger charge is -2.28. The fourth-order valence-corrected chi connectivity index (χ4v) is 2.92. The van der Waals surface area contributed by atoms with Gasteiger partial charge < -0.3 is 9.73 Å². The van der Waals surface area contributed by atoms with E-state index < -0.39 is 0 Å². The van der Waals surface area contributed by atoms with Gasteiger partial charge in [0.15, 0.2) is 5.22 Å². The van der Waals surface area contributed by atoms with Gasteiger partial charge in [0, 0.05) is 6.04 Å². The molecule has 1 aliphatic carbocycles. The summed E-state index contributed by atoms with van der Waals surface area (Å²) in [6.45, 7) is 3.08. The molecule has 0 atom stereocenters. The van der Waals surface area contributed by atoms with Gasteiger partial charge in [-0.05, 0) is 55.3 Å². The van der Waals surface area contributed by atoms with Crippen molar-refractivity contribution in [3.8, 4) is 0 Å². The Hall–Kier alpha value is -0.470. The summed E-state index contributed by atoms with van der Waals surface area (Å²) < 4.78 is 5.34. The van der Waals surface area contributed by atoms with Crippen LogP contribution in [-0.4, -0.2) is 6.04 Å². The van der Waals surface area contributed by atoms with E-state index in [1.54, 1.807) is 6.07 Å². The van der Waals surface area contributed by atoms with Gasteiger partial charge in [0.2, 0.25) is 0 Å². The van der Waals surface area contributed by atoms with E-state index in [0.29, 0.717) is 11.3 Å². The fraction of sp³-hybridized carbons (Fsp3) is 0.714. The number of hydrogen-bond acceptors (Lipinski definition) is 2. The average Bonchev–Trinajstić information content (AvgIpc) is 2.75. The first kappa shape index (κ1) is 13.0. The highest BCUT2D eigenvalue weighted by atomic mass is 35.5. The molecule has 17 heavy (non-hydrogen) atoms. The van der Waals surface area contributed by atoms with E-state index in [1.807, 2.05) is 6.07 Å². The zero-order valence-electron chi connectivity index (χ0n) is 10.5. The Morgan fingerprint density at radius 2 is 2.06 bits per heavy atom. The van der Waals surface area contributed by atoms with Gasteiger partial charge in [-0.25, -0.2) is 0 Å². The van der Waals surface area contributed by atoms with Gasteiger partial charge in [-0.15, -0.1) is 0 Å². The monoisotopic (exact) mass is 255 g/mol. The molecule has 0 radical (unpaired) electrons. The molecule has 1 saturated carbocycles. The zero-order chi connectivity index (χ0) is 12.1. The molecule has 0 spiro atoms. The van der Waals surface area contributed by atoms with Crippen LogP contribution < -0.4 is 5.32 Å². The Balaban J connectivity index is 1.68. The largest absolute Gasteiger partial charge is 0.448 e. The van der Waals surface area contributed by atoms with E-state index in [4.69, 9.17) is 16.0 Å². The fourth-order valence-electron chi connectivity index (χ4n) is 2.76. The second-order valence-electron chi connectivity index (χ2n) is 5.09. The molecule has 1 heterocycles. The summed E-state index contributed by atoms with van der Waals surface area (Å²) in [5.74, 6) is 1.90. The van der Waals surface area contributed by atoms with E-state index in [-0.39, 0.29) is 0 Å². The first-order valence-electron chi connectivity index (χ1n) is 6.75. The van der Waals surface area contributed by atoms with Crippen molar-refractivity contribution in [1.82, 2.24) is 5.32 Å². The lowest BCUT2D eigenvalue weighted by Crippen LogP contribution is -2.32.